The number of pyridine rings is 1. The van der Waals surface area contributed by atoms with E-state index in [4.69, 9.17) is 0 Å². The van der Waals surface area contributed by atoms with Crippen LogP contribution in [0.3, 0.4) is 0 Å². The van der Waals surface area contributed by atoms with Crippen LogP contribution in [0.1, 0.15) is 45.6 Å². The Hall–Kier alpha value is -2.88. The van der Waals surface area contributed by atoms with E-state index in [1.165, 1.54) is 0 Å². The fraction of sp³-hybridized carbons (Fsp3) is 0.304. The number of carbonyl (C=O) groups excluding carboxylic acids is 1. The van der Waals surface area contributed by atoms with Crippen molar-refractivity contribution in [1.29, 1.82) is 0 Å². The number of hydrogen-bond acceptors (Lipinski definition) is 3. The molecule has 1 N–H and O–H groups in total. The second kappa shape index (κ2) is 6.69. The summed E-state index contributed by atoms with van der Waals surface area (Å²) in [5.41, 5.74) is 5.64. The second-order valence-electron chi connectivity index (χ2n) is 7.55. The number of aryl methyl sites for hydroxylation is 2. The van der Waals surface area contributed by atoms with Crippen LogP contribution in [-0.4, -0.2) is 26.9 Å². The normalized spacial score (nSPS) is 13.7. The predicted molar refractivity (Wildman–Crippen MR) is 107 cm³/mol. The number of aromatic nitrogens is 1. The lowest BCUT2D eigenvalue weighted by Crippen LogP contribution is -2.33. The maximum Gasteiger partial charge on any atom is 0.255 e. The van der Waals surface area contributed by atoms with E-state index >= 15 is 0 Å². The Kier molecular flexibility index (Phi) is 4.34. The summed E-state index contributed by atoms with van der Waals surface area (Å²) in [7, 11) is 0. The van der Waals surface area contributed by atoms with Gasteiger partial charge in [-0.3, -0.25) is 9.78 Å². The summed E-state index contributed by atoms with van der Waals surface area (Å²) in [5, 5.41) is 10.5. The van der Waals surface area contributed by atoms with Crippen molar-refractivity contribution < 1.29 is 9.90 Å². The number of phenolic OH excluding ortho intramolecular Hbond substituents is 1. The molecular weight excluding hydrogens is 336 g/mol. The summed E-state index contributed by atoms with van der Waals surface area (Å²) in [6.07, 6.45) is 2.09. The van der Waals surface area contributed by atoms with Gasteiger partial charge in [0.15, 0.2) is 0 Å². The number of carbonyl (C=O) groups is 1. The highest BCUT2D eigenvalue weighted by molar-refractivity contribution is 6.08. The smallest absolute Gasteiger partial charge is 0.255 e. The zero-order valence-electron chi connectivity index (χ0n) is 16.0. The highest BCUT2D eigenvalue weighted by Gasteiger charge is 2.34. The first-order valence-corrected chi connectivity index (χ1v) is 9.40. The van der Waals surface area contributed by atoms with Crippen molar-refractivity contribution >= 4 is 16.8 Å². The first kappa shape index (κ1) is 17.5. The van der Waals surface area contributed by atoms with E-state index in [1.807, 2.05) is 49.9 Å². The third-order valence-corrected chi connectivity index (χ3v) is 5.38. The fourth-order valence-corrected chi connectivity index (χ4v) is 3.57. The molecule has 0 spiro atoms. The van der Waals surface area contributed by atoms with Crippen molar-refractivity contribution in [1.82, 2.24) is 9.88 Å². The van der Waals surface area contributed by atoms with Gasteiger partial charge in [0.2, 0.25) is 0 Å². The van der Waals surface area contributed by atoms with Gasteiger partial charge in [-0.05, 0) is 69.0 Å². The van der Waals surface area contributed by atoms with Crippen molar-refractivity contribution in [2.45, 2.75) is 46.2 Å². The first-order chi connectivity index (χ1) is 12.9. The Morgan fingerprint density at radius 3 is 2.48 bits per heavy atom. The molecule has 0 atom stereocenters. The van der Waals surface area contributed by atoms with E-state index in [2.05, 4.69) is 11.1 Å². The number of phenols is 1. The van der Waals surface area contributed by atoms with Crippen molar-refractivity contribution in [2.75, 3.05) is 0 Å². The predicted octanol–water partition coefficient (Wildman–Crippen LogP) is 4.67. The molecule has 2 aromatic carbocycles. The molecule has 27 heavy (non-hydrogen) atoms. The second-order valence-corrected chi connectivity index (χ2v) is 7.55. The number of amides is 1. The SMILES string of the molecule is Cc1ccc2nc(C)c(C)c(C(=O)N(Cc3ccc(O)cc3)C3CC3)c2c1. The molecule has 0 saturated heterocycles. The van der Waals surface area contributed by atoms with Crippen LogP contribution in [0.5, 0.6) is 5.75 Å². The van der Waals surface area contributed by atoms with Crippen LogP contribution < -0.4 is 0 Å². The van der Waals surface area contributed by atoms with Gasteiger partial charge in [-0.25, -0.2) is 0 Å². The van der Waals surface area contributed by atoms with Crippen molar-refractivity contribution in [2.24, 2.45) is 0 Å². The molecule has 4 heteroatoms. The zero-order valence-corrected chi connectivity index (χ0v) is 16.0. The third kappa shape index (κ3) is 3.39. The van der Waals surface area contributed by atoms with E-state index in [0.717, 1.165) is 51.7 Å². The average molecular weight is 360 g/mol. The molecule has 1 amide bonds. The van der Waals surface area contributed by atoms with Crippen LogP contribution in [0.25, 0.3) is 10.9 Å². The largest absolute Gasteiger partial charge is 0.508 e. The zero-order chi connectivity index (χ0) is 19.1. The Morgan fingerprint density at radius 2 is 1.81 bits per heavy atom. The topological polar surface area (TPSA) is 53.4 Å². The average Bonchev–Trinajstić information content (AvgIpc) is 3.47. The van der Waals surface area contributed by atoms with Crippen LogP contribution in [0, 0.1) is 20.8 Å². The van der Waals surface area contributed by atoms with Gasteiger partial charge in [0.1, 0.15) is 5.75 Å². The quantitative estimate of drug-likeness (QED) is 0.735. The van der Waals surface area contributed by atoms with Crippen LogP contribution >= 0.6 is 0 Å². The maximum absolute atomic E-state index is 13.6. The number of rotatable bonds is 4. The van der Waals surface area contributed by atoms with Gasteiger partial charge < -0.3 is 10.0 Å². The van der Waals surface area contributed by atoms with E-state index < -0.39 is 0 Å². The summed E-state index contributed by atoms with van der Waals surface area (Å²) in [5.74, 6) is 0.314. The minimum absolute atomic E-state index is 0.0733. The molecule has 3 aromatic rings. The van der Waals surface area contributed by atoms with Gasteiger partial charge in [-0.1, -0.05) is 23.8 Å². The number of benzene rings is 2. The van der Waals surface area contributed by atoms with Gasteiger partial charge in [0, 0.05) is 23.7 Å². The van der Waals surface area contributed by atoms with Crippen LogP contribution in [0.2, 0.25) is 0 Å². The van der Waals surface area contributed by atoms with E-state index in [1.54, 1.807) is 12.1 Å². The summed E-state index contributed by atoms with van der Waals surface area (Å²) in [6, 6.07) is 13.5. The number of hydrogen-bond donors (Lipinski definition) is 1. The molecule has 1 heterocycles. The van der Waals surface area contributed by atoms with Crippen molar-refractivity contribution in [3.05, 3.63) is 70.4 Å². The van der Waals surface area contributed by atoms with E-state index in [0.29, 0.717) is 12.6 Å². The highest BCUT2D eigenvalue weighted by atomic mass is 16.3. The third-order valence-electron chi connectivity index (χ3n) is 5.38. The number of fused-ring (bicyclic) bond motifs is 1. The monoisotopic (exact) mass is 360 g/mol. The molecule has 138 valence electrons. The molecule has 1 fully saturated rings. The fourth-order valence-electron chi connectivity index (χ4n) is 3.57. The molecule has 4 nitrogen and oxygen atoms in total. The minimum Gasteiger partial charge on any atom is -0.508 e. The molecule has 1 aromatic heterocycles. The lowest BCUT2D eigenvalue weighted by atomic mass is 9.98. The maximum atomic E-state index is 13.6. The molecule has 1 aliphatic carbocycles. The molecule has 0 aliphatic heterocycles. The summed E-state index contributed by atoms with van der Waals surface area (Å²) in [4.78, 5) is 20.3. The van der Waals surface area contributed by atoms with Crippen molar-refractivity contribution in [3.63, 3.8) is 0 Å². The minimum atomic E-state index is 0.0733. The molecule has 1 saturated carbocycles. The Labute approximate surface area is 159 Å². The van der Waals surface area contributed by atoms with Crippen LogP contribution in [0.4, 0.5) is 0 Å². The van der Waals surface area contributed by atoms with E-state index in [-0.39, 0.29) is 11.7 Å². The Balaban J connectivity index is 1.78. The highest BCUT2D eigenvalue weighted by Crippen LogP contribution is 2.33. The lowest BCUT2D eigenvalue weighted by molar-refractivity contribution is 0.0731. The number of aromatic hydroxyl groups is 1. The van der Waals surface area contributed by atoms with Gasteiger partial charge in [-0.15, -0.1) is 0 Å². The molecule has 4 rings (SSSR count). The standard InChI is InChI=1S/C23H24N2O2/c1-14-4-11-21-20(12-14)22(15(2)16(3)24-21)23(27)25(18-7-8-18)13-17-5-9-19(26)10-6-17/h4-6,9-12,18,26H,7-8,13H2,1-3H3. The van der Waals surface area contributed by atoms with Gasteiger partial charge in [0.05, 0.1) is 11.1 Å². The Bertz CT molecular complexity index is 1020. The molecule has 0 radical (unpaired) electrons. The van der Waals surface area contributed by atoms with E-state index in [9.17, 15) is 9.90 Å². The Morgan fingerprint density at radius 1 is 1.11 bits per heavy atom. The van der Waals surface area contributed by atoms with Gasteiger partial charge >= 0.3 is 0 Å². The van der Waals surface area contributed by atoms with Gasteiger partial charge in [-0.2, -0.15) is 0 Å². The summed E-state index contributed by atoms with van der Waals surface area (Å²) >= 11 is 0. The molecule has 1 aliphatic rings. The first-order valence-electron chi connectivity index (χ1n) is 9.40. The lowest BCUT2D eigenvalue weighted by Gasteiger charge is -2.25. The number of nitrogens with zero attached hydrogens (tertiary/aromatic N) is 2. The van der Waals surface area contributed by atoms with Gasteiger partial charge in [0.25, 0.3) is 5.91 Å². The van der Waals surface area contributed by atoms with Crippen LogP contribution in [0.15, 0.2) is 42.5 Å². The van der Waals surface area contributed by atoms with Crippen molar-refractivity contribution in [3.8, 4) is 5.75 Å². The van der Waals surface area contributed by atoms with Crippen LogP contribution in [-0.2, 0) is 6.54 Å². The summed E-state index contributed by atoms with van der Waals surface area (Å²) < 4.78 is 0. The molecule has 0 unspecified atom stereocenters. The molecule has 0 bridgehead atoms. The molecular formula is C23H24N2O2. The summed E-state index contributed by atoms with van der Waals surface area (Å²) in [6.45, 7) is 6.55.